The Morgan fingerprint density at radius 3 is 2.39 bits per heavy atom. The van der Waals surface area contributed by atoms with E-state index in [2.05, 4.69) is 14.8 Å². The molecule has 1 aliphatic carbocycles. The normalized spacial score (nSPS) is 21.1. The second kappa shape index (κ2) is 7.44. The molecular formula is C19H23F2N3O4. The summed E-state index contributed by atoms with van der Waals surface area (Å²) in [4.78, 5) is 28.3. The zero-order valence-electron chi connectivity index (χ0n) is 15.5. The third-order valence-corrected chi connectivity index (χ3v) is 5.51. The fourth-order valence-electron chi connectivity index (χ4n) is 3.98. The predicted molar refractivity (Wildman–Crippen MR) is 96.4 cm³/mol. The minimum Gasteiger partial charge on any atom is -0.395 e. The van der Waals surface area contributed by atoms with Crippen LogP contribution < -0.4 is 14.8 Å². The molecule has 0 bridgehead atoms. The van der Waals surface area contributed by atoms with Gasteiger partial charge < -0.3 is 24.6 Å². The summed E-state index contributed by atoms with van der Waals surface area (Å²) in [5, 5.41) is 2.67. The number of carbonyl (C=O) groups is 2. The average Bonchev–Trinajstić information content (AvgIpc) is 3.27. The number of fused-ring (bicyclic) bond motifs is 1. The topological polar surface area (TPSA) is 71.1 Å². The van der Waals surface area contributed by atoms with Gasteiger partial charge in [-0.25, -0.2) is 4.79 Å². The summed E-state index contributed by atoms with van der Waals surface area (Å²) in [7, 11) is 0. The standard InChI is InChI=1S/C19H23F2N3O4/c20-19(21)27-15-6-5-14(12-16(15)28-19)22-18(26)24-9-7-23(8-10-24)17(25)11-13-3-1-2-4-13/h5-6,12-13H,1-4,7-11H2,(H,22,26). The minimum absolute atomic E-state index is 0.0719. The molecule has 152 valence electrons. The van der Waals surface area contributed by atoms with Crippen molar-refractivity contribution < 1.29 is 27.8 Å². The van der Waals surface area contributed by atoms with Gasteiger partial charge in [0.1, 0.15) is 0 Å². The van der Waals surface area contributed by atoms with E-state index in [1.165, 1.54) is 31.0 Å². The maximum absolute atomic E-state index is 13.1. The van der Waals surface area contributed by atoms with Crippen molar-refractivity contribution in [3.8, 4) is 11.5 Å². The molecule has 1 N–H and O–H groups in total. The van der Waals surface area contributed by atoms with Crippen LogP contribution in [0.3, 0.4) is 0 Å². The van der Waals surface area contributed by atoms with E-state index in [0.29, 0.717) is 44.2 Å². The van der Waals surface area contributed by atoms with E-state index >= 15 is 0 Å². The number of nitrogens with zero attached hydrogens (tertiary/aromatic N) is 2. The van der Waals surface area contributed by atoms with Crippen molar-refractivity contribution in [3.63, 3.8) is 0 Å². The van der Waals surface area contributed by atoms with Gasteiger partial charge in [-0.05, 0) is 30.9 Å². The van der Waals surface area contributed by atoms with Crippen LogP contribution in [-0.4, -0.2) is 54.2 Å². The van der Waals surface area contributed by atoms with Crippen molar-refractivity contribution >= 4 is 17.6 Å². The van der Waals surface area contributed by atoms with Gasteiger partial charge in [0.2, 0.25) is 5.91 Å². The van der Waals surface area contributed by atoms with Crippen LogP contribution in [0.25, 0.3) is 0 Å². The minimum atomic E-state index is -3.69. The van der Waals surface area contributed by atoms with E-state index in [1.807, 2.05) is 4.90 Å². The number of anilines is 1. The average molecular weight is 395 g/mol. The van der Waals surface area contributed by atoms with E-state index in [1.54, 1.807) is 4.90 Å². The third-order valence-electron chi connectivity index (χ3n) is 5.51. The van der Waals surface area contributed by atoms with E-state index in [-0.39, 0.29) is 23.4 Å². The number of hydrogen-bond acceptors (Lipinski definition) is 4. The molecule has 1 saturated carbocycles. The third kappa shape index (κ3) is 4.13. The van der Waals surface area contributed by atoms with E-state index in [9.17, 15) is 18.4 Å². The second-order valence-corrected chi connectivity index (χ2v) is 7.48. The Kier molecular flexibility index (Phi) is 4.99. The highest BCUT2D eigenvalue weighted by atomic mass is 19.3. The lowest BCUT2D eigenvalue weighted by molar-refractivity contribution is -0.286. The van der Waals surface area contributed by atoms with Crippen molar-refractivity contribution in [2.75, 3.05) is 31.5 Å². The Balaban J connectivity index is 1.27. The zero-order chi connectivity index (χ0) is 19.7. The summed E-state index contributed by atoms with van der Waals surface area (Å²) in [6, 6.07) is 3.76. The van der Waals surface area contributed by atoms with Gasteiger partial charge in [0, 0.05) is 44.4 Å². The maximum atomic E-state index is 13.1. The number of urea groups is 1. The molecule has 0 radical (unpaired) electrons. The molecule has 0 atom stereocenters. The number of halogens is 2. The van der Waals surface area contributed by atoms with Crippen LogP contribution in [0.4, 0.5) is 19.3 Å². The van der Waals surface area contributed by atoms with Crippen LogP contribution in [0.2, 0.25) is 0 Å². The molecule has 0 spiro atoms. The Morgan fingerprint density at radius 1 is 1.04 bits per heavy atom. The Labute approximate surface area is 161 Å². The van der Waals surface area contributed by atoms with E-state index in [0.717, 1.165) is 12.8 Å². The molecule has 1 aromatic carbocycles. The van der Waals surface area contributed by atoms with Crippen molar-refractivity contribution in [3.05, 3.63) is 18.2 Å². The number of rotatable bonds is 3. The molecule has 9 heteroatoms. The summed E-state index contributed by atoms with van der Waals surface area (Å²) in [6.45, 7) is 1.88. The van der Waals surface area contributed by atoms with Crippen molar-refractivity contribution in [1.29, 1.82) is 0 Å². The first-order valence-electron chi connectivity index (χ1n) is 9.63. The highest BCUT2D eigenvalue weighted by molar-refractivity contribution is 5.90. The van der Waals surface area contributed by atoms with Gasteiger partial charge in [0.25, 0.3) is 0 Å². The molecule has 0 aromatic heterocycles. The fourth-order valence-corrected chi connectivity index (χ4v) is 3.98. The highest BCUT2D eigenvalue weighted by Crippen LogP contribution is 2.42. The molecule has 2 aliphatic heterocycles. The van der Waals surface area contributed by atoms with Gasteiger partial charge >= 0.3 is 12.3 Å². The smallest absolute Gasteiger partial charge is 0.395 e. The fraction of sp³-hybridized carbons (Fsp3) is 0.579. The summed E-state index contributed by atoms with van der Waals surface area (Å²) in [5.41, 5.74) is 0.338. The molecule has 0 unspecified atom stereocenters. The van der Waals surface area contributed by atoms with Gasteiger partial charge in [-0.1, -0.05) is 12.8 Å². The van der Waals surface area contributed by atoms with Gasteiger partial charge in [-0.3, -0.25) is 4.79 Å². The quantitative estimate of drug-likeness (QED) is 0.853. The maximum Gasteiger partial charge on any atom is 0.586 e. The zero-order valence-corrected chi connectivity index (χ0v) is 15.5. The number of alkyl halides is 2. The lowest BCUT2D eigenvalue weighted by Gasteiger charge is -2.35. The van der Waals surface area contributed by atoms with Gasteiger partial charge in [-0.2, -0.15) is 0 Å². The molecule has 1 saturated heterocycles. The van der Waals surface area contributed by atoms with Gasteiger partial charge in [-0.15, -0.1) is 8.78 Å². The Hall–Kier alpha value is -2.58. The SMILES string of the molecule is O=C(CC1CCCC1)N1CCN(C(=O)Nc2ccc3c(c2)OC(F)(F)O3)CC1. The first-order valence-corrected chi connectivity index (χ1v) is 9.63. The number of carbonyl (C=O) groups excluding carboxylic acids is 2. The Bertz CT molecular complexity index is 760. The summed E-state index contributed by atoms with van der Waals surface area (Å²) < 4.78 is 34.9. The van der Waals surface area contributed by atoms with E-state index in [4.69, 9.17) is 0 Å². The molecular weight excluding hydrogens is 372 g/mol. The second-order valence-electron chi connectivity index (χ2n) is 7.48. The van der Waals surface area contributed by atoms with Crippen molar-refractivity contribution in [2.24, 2.45) is 5.92 Å². The molecule has 2 fully saturated rings. The molecule has 7 nitrogen and oxygen atoms in total. The molecule has 4 rings (SSSR count). The molecule has 1 aromatic rings. The van der Waals surface area contributed by atoms with Gasteiger partial charge in [0.05, 0.1) is 0 Å². The molecule has 3 aliphatic rings. The molecule has 3 amide bonds. The molecule has 28 heavy (non-hydrogen) atoms. The van der Waals surface area contributed by atoms with Gasteiger partial charge in [0.15, 0.2) is 11.5 Å². The molecule has 2 heterocycles. The first-order chi connectivity index (χ1) is 13.4. The van der Waals surface area contributed by atoms with Crippen LogP contribution >= 0.6 is 0 Å². The van der Waals surface area contributed by atoms with E-state index < -0.39 is 6.29 Å². The number of benzene rings is 1. The number of hydrogen-bond donors (Lipinski definition) is 1. The lowest BCUT2D eigenvalue weighted by atomic mass is 10.0. The van der Waals surface area contributed by atoms with Crippen LogP contribution in [0.5, 0.6) is 11.5 Å². The number of amides is 3. The summed E-state index contributed by atoms with van der Waals surface area (Å²) in [5.74, 6) is 0.485. The van der Waals surface area contributed by atoms with Crippen LogP contribution in [-0.2, 0) is 4.79 Å². The van der Waals surface area contributed by atoms with Crippen molar-refractivity contribution in [2.45, 2.75) is 38.4 Å². The highest BCUT2D eigenvalue weighted by Gasteiger charge is 2.43. The summed E-state index contributed by atoms with van der Waals surface area (Å²) >= 11 is 0. The van der Waals surface area contributed by atoms with Crippen LogP contribution in [0.1, 0.15) is 32.1 Å². The van der Waals surface area contributed by atoms with Crippen molar-refractivity contribution in [1.82, 2.24) is 9.80 Å². The first kappa shape index (κ1) is 18.8. The predicted octanol–water partition coefficient (Wildman–Crippen LogP) is 3.26. The number of nitrogens with one attached hydrogen (secondary N) is 1. The largest absolute Gasteiger partial charge is 0.586 e. The van der Waals surface area contributed by atoms with Crippen LogP contribution in [0, 0.1) is 5.92 Å². The van der Waals surface area contributed by atoms with Crippen LogP contribution in [0.15, 0.2) is 18.2 Å². The number of ether oxygens (including phenoxy) is 2. The number of piperazine rings is 1. The Morgan fingerprint density at radius 2 is 1.68 bits per heavy atom. The lowest BCUT2D eigenvalue weighted by Crippen LogP contribution is -2.51. The summed E-state index contributed by atoms with van der Waals surface area (Å²) in [6.07, 6.45) is 1.61. The monoisotopic (exact) mass is 395 g/mol.